The number of rotatable bonds is 4. The Hall–Kier alpha value is -2.48. The second-order valence-electron chi connectivity index (χ2n) is 7.38. The molecule has 0 spiro atoms. The lowest BCUT2D eigenvalue weighted by atomic mass is 9.75. The van der Waals surface area contributed by atoms with Crippen molar-refractivity contribution in [2.75, 3.05) is 31.1 Å². The van der Waals surface area contributed by atoms with Gasteiger partial charge in [0.1, 0.15) is 5.82 Å². The first-order valence-corrected chi connectivity index (χ1v) is 9.02. The molecule has 2 aliphatic heterocycles. The predicted octanol–water partition coefficient (Wildman–Crippen LogP) is 1.01. The number of carbonyl (C=O) groups is 1. The van der Waals surface area contributed by atoms with Crippen LogP contribution in [0.25, 0.3) is 0 Å². The molecular weight excluding hydrogens is 332 g/mol. The van der Waals surface area contributed by atoms with Gasteiger partial charge in [0.2, 0.25) is 5.95 Å². The minimum atomic E-state index is -0.727. The maximum atomic E-state index is 12.3. The summed E-state index contributed by atoms with van der Waals surface area (Å²) in [4.78, 5) is 29.7. The van der Waals surface area contributed by atoms with Crippen LogP contribution in [-0.4, -0.2) is 61.7 Å². The molecule has 1 N–H and O–H groups in total. The number of anilines is 1. The van der Waals surface area contributed by atoms with E-state index in [9.17, 15) is 9.90 Å². The monoisotopic (exact) mass is 356 g/mol. The van der Waals surface area contributed by atoms with E-state index in [1.165, 1.54) is 0 Å². The molecule has 2 saturated heterocycles. The van der Waals surface area contributed by atoms with Gasteiger partial charge in [-0.1, -0.05) is 0 Å². The molecule has 8 nitrogen and oxygen atoms in total. The first-order valence-electron chi connectivity index (χ1n) is 9.02. The lowest BCUT2D eigenvalue weighted by molar-refractivity contribution is -0.150. The molecule has 0 unspecified atom stereocenters. The number of aliphatic carboxylic acids is 1. The van der Waals surface area contributed by atoms with Gasteiger partial charge in [0.05, 0.1) is 12.0 Å². The number of likely N-dealkylation sites (tertiary alicyclic amines) is 1. The summed E-state index contributed by atoms with van der Waals surface area (Å²) in [7, 11) is 1.99. The van der Waals surface area contributed by atoms with Crippen LogP contribution in [0.15, 0.2) is 30.9 Å². The van der Waals surface area contributed by atoms with E-state index in [4.69, 9.17) is 0 Å². The van der Waals surface area contributed by atoms with Crippen molar-refractivity contribution in [3.8, 4) is 0 Å². The fraction of sp³-hybridized carbons (Fsp3) is 0.556. The van der Waals surface area contributed by atoms with Crippen LogP contribution < -0.4 is 4.90 Å². The number of aromatic nitrogens is 4. The van der Waals surface area contributed by atoms with E-state index >= 15 is 0 Å². The zero-order valence-electron chi connectivity index (χ0n) is 15.0. The van der Waals surface area contributed by atoms with E-state index < -0.39 is 11.4 Å². The standard InChI is InChI=1S/C18H24N6O2/c1-22-9-7-19-15(22)12-23-8-2-4-18(16(25)26)13-24(11-14(18)10-23)17-20-5-3-6-21-17/h3,5-7,9,14H,2,4,8,10-13H2,1H3,(H,25,26)/t14-,18-/m1/s1. The number of imidazole rings is 1. The zero-order chi connectivity index (χ0) is 18.1. The normalized spacial score (nSPS) is 26.5. The third-order valence-corrected chi connectivity index (χ3v) is 5.82. The Morgan fingerprint density at radius 1 is 1.27 bits per heavy atom. The average Bonchev–Trinajstić information content (AvgIpc) is 3.16. The van der Waals surface area contributed by atoms with Crippen LogP contribution in [0.1, 0.15) is 18.7 Å². The topological polar surface area (TPSA) is 87.4 Å². The van der Waals surface area contributed by atoms with Crippen molar-refractivity contribution in [2.45, 2.75) is 19.4 Å². The molecular formula is C18H24N6O2. The average molecular weight is 356 g/mol. The van der Waals surface area contributed by atoms with Crippen LogP contribution in [-0.2, 0) is 18.4 Å². The van der Waals surface area contributed by atoms with Crippen LogP contribution in [0.3, 0.4) is 0 Å². The maximum Gasteiger partial charge on any atom is 0.311 e. The van der Waals surface area contributed by atoms with E-state index in [-0.39, 0.29) is 5.92 Å². The van der Waals surface area contributed by atoms with Gasteiger partial charge in [0.25, 0.3) is 0 Å². The summed E-state index contributed by atoms with van der Waals surface area (Å²) in [5.41, 5.74) is -0.727. The van der Waals surface area contributed by atoms with Gasteiger partial charge in [0.15, 0.2) is 0 Å². The molecule has 0 bridgehead atoms. The summed E-state index contributed by atoms with van der Waals surface area (Å²) in [6.07, 6.45) is 8.72. The molecule has 0 aromatic carbocycles. The summed E-state index contributed by atoms with van der Waals surface area (Å²) in [6.45, 7) is 3.56. The number of carboxylic acids is 1. The number of aryl methyl sites for hydroxylation is 1. The van der Waals surface area contributed by atoms with Crippen molar-refractivity contribution in [2.24, 2.45) is 18.4 Å². The summed E-state index contributed by atoms with van der Waals surface area (Å²) < 4.78 is 2.02. The van der Waals surface area contributed by atoms with E-state index in [1.807, 2.05) is 22.7 Å². The molecule has 4 heterocycles. The maximum absolute atomic E-state index is 12.3. The van der Waals surface area contributed by atoms with Crippen molar-refractivity contribution in [3.63, 3.8) is 0 Å². The number of carboxylic acid groups (broad SMARTS) is 1. The summed E-state index contributed by atoms with van der Waals surface area (Å²) in [5, 5.41) is 10.1. The highest BCUT2D eigenvalue weighted by molar-refractivity contribution is 5.77. The number of nitrogens with zero attached hydrogens (tertiary/aromatic N) is 6. The first kappa shape index (κ1) is 17.0. The van der Waals surface area contributed by atoms with Crippen LogP contribution in [0.5, 0.6) is 0 Å². The molecule has 4 rings (SSSR count). The second kappa shape index (κ2) is 6.68. The molecule has 8 heteroatoms. The minimum absolute atomic E-state index is 0.0478. The van der Waals surface area contributed by atoms with Crippen molar-refractivity contribution >= 4 is 11.9 Å². The third kappa shape index (κ3) is 2.94. The molecule has 138 valence electrons. The van der Waals surface area contributed by atoms with Gasteiger partial charge in [-0.25, -0.2) is 15.0 Å². The van der Waals surface area contributed by atoms with Gasteiger partial charge < -0.3 is 14.6 Å². The van der Waals surface area contributed by atoms with Crippen molar-refractivity contribution in [1.29, 1.82) is 0 Å². The Kier molecular flexibility index (Phi) is 4.36. The van der Waals surface area contributed by atoms with Gasteiger partial charge in [-0.2, -0.15) is 0 Å². The second-order valence-corrected chi connectivity index (χ2v) is 7.38. The summed E-state index contributed by atoms with van der Waals surface area (Å²) in [5.74, 6) is 0.984. The molecule has 0 radical (unpaired) electrons. The highest BCUT2D eigenvalue weighted by Crippen LogP contribution is 2.43. The van der Waals surface area contributed by atoms with Crippen LogP contribution in [0.2, 0.25) is 0 Å². The molecule has 2 aromatic heterocycles. The fourth-order valence-corrected chi connectivity index (χ4v) is 4.36. The lowest BCUT2D eigenvalue weighted by Crippen LogP contribution is -2.41. The molecule has 0 saturated carbocycles. The van der Waals surface area contributed by atoms with Gasteiger partial charge in [0, 0.05) is 57.4 Å². The molecule has 0 amide bonds. The Morgan fingerprint density at radius 2 is 2.08 bits per heavy atom. The quantitative estimate of drug-likeness (QED) is 0.875. The first-order chi connectivity index (χ1) is 12.6. The van der Waals surface area contributed by atoms with Crippen molar-refractivity contribution in [3.05, 3.63) is 36.7 Å². The zero-order valence-corrected chi connectivity index (χ0v) is 15.0. The Bertz CT molecular complexity index is 779. The Labute approximate surface area is 152 Å². The van der Waals surface area contributed by atoms with Crippen LogP contribution in [0.4, 0.5) is 5.95 Å². The van der Waals surface area contributed by atoms with Gasteiger partial charge in [-0.3, -0.25) is 9.69 Å². The third-order valence-electron chi connectivity index (χ3n) is 5.82. The minimum Gasteiger partial charge on any atom is -0.481 e. The van der Waals surface area contributed by atoms with Crippen molar-refractivity contribution in [1.82, 2.24) is 24.4 Å². The largest absolute Gasteiger partial charge is 0.481 e. The number of hydrogen-bond donors (Lipinski definition) is 1. The highest BCUT2D eigenvalue weighted by atomic mass is 16.4. The molecule has 0 aliphatic carbocycles. The highest BCUT2D eigenvalue weighted by Gasteiger charge is 2.53. The molecule has 2 atom stereocenters. The Morgan fingerprint density at radius 3 is 2.77 bits per heavy atom. The van der Waals surface area contributed by atoms with Gasteiger partial charge >= 0.3 is 5.97 Å². The van der Waals surface area contributed by atoms with E-state index in [2.05, 4.69) is 19.9 Å². The number of hydrogen-bond acceptors (Lipinski definition) is 6. The summed E-state index contributed by atoms with van der Waals surface area (Å²) >= 11 is 0. The fourth-order valence-electron chi connectivity index (χ4n) is 4.36. The van der Waals surface area contributed by atoms with E-state index in [0.717, 1.165) is 31.9 Å². The van der Waals surface area contributed by atoms with Gasteiger partial charge in [-0.05, 0) is 25.5 Å². The summed E-state index contributed by atoms with van der Waals surface area (Å²) in [6, 6.07) is 1.78. The Balaban J connectivity index is 1.57. The van der Waals surface area contributed by atoms with Crippen LogP contribution >= 0.6 is 0 Å². The molecule has 26 heavy (non-hydrogen) atoms. The van der Waals surface area contributed by atoms with E-state index in [1.54, 1.807) is 24.7 Å². The van der Waals surface area contributed by atoms with Crippen LogP contribution in [0, 0.1) is 11.3 Å². The van der Waals surface area contributed by atoms with Crippen molar-refractivity contribution < 1.29 is 9.90 Å². The molecule has 2 aliphatic rings. The smallest absolute Gasteiger partial charge is 0.311 e. The SMILES string of the molecule is Cn1ccnc1CN1CCC[C@@]2(C(=O)O)CN(c3ncccn3)C[C@H]2C1. The molecule has 2 aromatic rings. The predicted molar refractivity (Wildman–Crippen MR) is 95.5 cm³/mol. The van der Waals surface area contributed by atoms with Gasteiger partial charge in [-0.15, -0.1) is 0 Å². The molecule has 2 fully saturated rings. The number of fused-ring (bicyclic) bond motifs is 1. The lowest BCUT2D eigenvalue weighted by Gasteiger charge is -2.29. The van der Waals surface area contributed by atoms with E-state index in [0.29, 0.717) is 25.5 Å².